The summed E-state index contributed by atoms with van der Waals surface area (Å²) in [6.45, 7) is 6.44. The predicted molar refractivity (Wildman–Crippen MR) is 67.6 cm³/mol. The van der Waals surface area contributed by atoms with Crippen LogP contribution in [0.25, 0.3) is 0 Å². The van der Waals surface area contributed by atoms with Crippen molar-refractivity contribution in [3.8, 4) is 0 Å². The molecular weight excluding hydrogens is 216 g/mol. The molecule has 17 heavy (non-hydrogen) atoms. The third-order valence-electron chi connectivity index (χ3n) is 2.35. The highest BCUT2D eigenvalue weighted by molar-refractivity contribution is 5.75. The van der Waals surface area contributed by atoms with Crippen molar-refractivity contribution in [2.75, 3.05) is 13.1 Å². The fourth-order valence-corrected chi connectivity index (χ4v) is 1.46. The molecule has 0 fully saturated rings. The molecule has 1 heterocycles. The second-order valence-corrected chi connectivity index (χ2v) is 4.33. The summed E-state index contributed by atoms with van der Waals surface area (Å²) in [6.07, 6.45) is 5.13. The normalized spacial score (nSPS) is 10.8. The summed E-state index contributed by atoms with van der Waals surface area (Å²) in [5.41, 5.74) is 0. The molecular formula is C12H22N4O. The molecule has 1 aromatic heterocycles. The smallest absolute Gasteiger partial charge is 0.221 e. The number of nitrogens with zero attached hydrogens (tertiary/aromatic N) is 2. The summed E-state index contributed by atoms with van der Waals surface area (Å²) in [5, 5.41) is 10.2. The lowest BCUT2D eigenvalue weighted by molar-refractivity contribution is -0.121. The Morgan fingerprint density at radius 2 is 2.24 bits per heavy atom. The minimum atomic E-state index is 0.110. The van der Waals surface area contributed by atoms with Crippen LogP contribution in [0.2, 0.25) is 0 Å². The Hall–Kier alpha value is -1.36. The molecule has 0 unspecified atom stereocenters. The number of aryl methyl sites for hydroxylation is 1. The van der Waals surface area contributed by atoms with Crippen molar-refractivity contribution in [3.63, 3.8) is 0 Å². The van der Waals surface area contributed by atoms with Gasteiger partial charge in [0.2, 0.25) is 5.91 Å². The van der Waals surface area contributed by atoms with Crippen LogP contribution in [-0.4, -0.2) is 34.8 Å². The molecule has 0 radical (unpaired) electrons. The van der Waals surface area contributed by atoms with Gasteiger partial charge in [0, 0.05) is 44.5 Å². The van der Waals surface area contributed by atoms with Gasteiger partial charge in [-0.05, 0) is 12.5 Å². The molecule has 0 atom stereocenters. The van der Waals surface area contributed by atoms with Crippen LogP contribution in [0.15, 0.2) is 18.5 Å². The van der Waals surface area contributed by atoms with E-state index < -0.39 is 0 Å². The zero-order valence-electron chi connectivity index (χ0n) is 10.6. The van der Waals surface area contributed by atoms with E-state index >= 15 is 0 Å². The maximum atomic E-state index is 11.4. The number of rotatable bonds is 8. The van der Waals surface area contributed by atoms with E-state index in [1.165, 1.54) is 0 Å². The first-order chi connectivity index (χ1) is 8.18. The Labute approximate surface area is 103 Å². The zero-order chi connectivity index (χ0) is 12.5. The van der Waals surface area contributed by atoms with Crippen LogP contribution in [0.3, 0.4) is 0 Å². The van der Waals surface area contributed by atoms with Crippen LogP contribution in [0.4, 0.5) is 0 Å². The fraction of sp³-hybridized carbons (Fsp3) is 0.667. The number of carbonyl (C=O) groups excluding carboxylic acids is 1. The second-order valence-electron chi connectivity index (χ2n) is 4.33. The Balaban J connectivity index is 1.97. The number of hydrogen-bond donors (Lipinski definition) is 2. The summed E-state index contributed by atoms with van der Waals surface area (Å²) >= 11 is 0. The van der Waals surface area contributed by atoms with Gasteiger partial charge >= 0.3 is 0 Å². The lowest BCUT2D eigenvalue weighted by Crippen LogP contribution is -2.31. The van der Waals surface area contributed by atoms with Crippen molar-refractivity contribution in [1.82, 2.24) is 20.4 Å². The molecule has 0 saturated heterocycles. The van der Waals surface area contributed by atoms with Crippen LogP contribution < -0.4 is 10.6 Å². The average molecular weight is 238 g/mol. The van der Waals surface area contributed by atoms with Gasteiger partial charge < -0.3 is 10.6 Å². The van der Waals surface area contributed by atoms with Gasteiger partial charge in [-0.15, -0.1) is 0 Å². The first-order valence-corrected chi connectivity index (χ1v) is 6.16. The summed E-state index contributed by atoms with van der Waals surface area (Å²) in [7, 11) is 0. The van der Waals surface area contributed by atoms with Gasteiger partial charge in [-0.3, -0.25) is 9.48 Å². The van der Waals surface area contributed by atoms with E-state index in [4.69, 9.17) is 0 Å². The Kier molecular flexibility index (Phi) is 6.32. The second kappa shape index (κ2) is 7.84. The van der Waals surface area contributed by atoms with Gasteiger partial charge in [-0.2, -0.15) is 5.10 Å². The molecule has 2 N–H and O–H groups in total. The molecule has 5 nitrogen and oxygen atoms in total. The van der Waals surface area contributed by atoms with E-state index in [1.807, 2.05) is 16.9 Å². The Bertz CT molecular complexity index is 308. The Morgan fingerprint density at radius 3 is 2.88 bits per heavy atom. The molecule has 0 aliphatic heterocycles. The number of aromatic nitrogens is 2. The number of nitrogens with one attached hydrogen (secondary N) is 2. The maximum Gasteiger partial charge on any atom is 0.221 e. The third kappa shape index (κ3) is 6.73. The molecule has 0 spiro atoms. The van der Waals surface area contributed by atoms with E-state index in [2.05, 4.69) is 29.6 Å². The molecule has 1 amide bonds. The van der Waals surface area contributed by atoms with Crippen molar-refractivity contribution in [2.24, 2.45) is 0 Å². The van der Waals surface area contributed by atoms with Gasteiger partial charge in [0.25, 0.3) is 0 Å². The topological polar surface area (TPSA) is 59.0 Å². The van der Waals surface area contributed by atoms with Crippen LogP contribution in [0, 0.1) is 0 Å². The number of carbonyl (C=O) groups is 1. The lowest BCUT2D eigenvalue weighted by atomic mass is 10.3. The van der Waals surface area contributed by atoms with Gasteiger partial charge in [-0.25, -0.2) is 0 Å². The largest absolute Gasteiger partial charge is 0.356 e. The van der Waals surface area contributed by atoms with Crippen LogP contribution in [-0.2, 0) is 11.3 Å². The molecule has 1 rings (SSSR count). The molecule has 0 bridgehead atoms. The third-order valence-corrected chi connectivity index (χ3v) is 2.35. The van der Waals surface area contributed by atoms with Gasteiger partial charge in [0.15, 0.2) is 0 Å². The van der Waals surface area contributed by atoms with Gasteiger partial charge in [0.05, 0.1) is 0 Å². The van der Waals surface area contributed by atoms with E-state index in [1.54, 1.807) is 6.20 Å². The van der Waals surface area contributed by atoms with Crippen LogP contribution in [0.1, 0.15) is 26.7 Å². The van der Waals surface area contributed by atoms with E-state index in [-0.39, 0.29) is 5.91 Å². The van der Waals surface area contributed by atoms with Crippen molar-refractivity contribution in [1.29, 1.82) is 0 Å². The first kappa shape index (κ1) is 13.7. The molecule has 0 saturated carbocycles. The highest BCUT2D eigenvalue weighted by atomic mass is 16.1. The lowest BCUT2D eigenvalue weighted by Gasteiger charge is -2.08. The first-order valence-electron chi connectivity index (χ1n) is 6.16. The minimum Gasteiger partial charge on any atom is -0.356 e. The average Bonchev–Trinajstić information content (AvgIpc) is 2.76. The molecule has 0 aromatic carbocycles. The summed E-state index contributed by atoms with van der Waals surface area (Å²) in [4.78, 5) is 11.4. The van der Waals surface area contributed by atoms with E-state index in [0.717, 1.165) is 19.5 Å². The van der Waals surface area contributed by atoms with Crippen molar-refractivity contribution < 1.29 is 4.79 Å². The van der Waals surface area contributed by atoms with Gasteiger partial charge in [-0.1, -0.05) is 13.8 Å². The molecule has 0 aliphatic carbocycles. The molecule has 96 valence electrons. The quantitative estimate of drug-likeness (QED) is 0.658. The van der Waals surface area contributed by atoms with Crippen LogP contribution >= 0.6 is 0 Å². The van der Waals surface area contributed by atoms with Crippen molar-refractivity contribution >= 4 is 5.91 Å². The standard InChI is InChI=1S/C12H22N4O/c1-11(2)13-8-5-12(17)14-6-3-9-16-10-4-7-15-16/h4,7,10-11,13H,3,5-6,8-9H2,1-2H3,(H,14,17). The van der Waals surface area contributed by atoms with Gasteiger partial charge in [0.1, 0.15) is 0 Å². The predicted octanol–water partition coefficient (Wildman–Crippen LogP) is 0.777. The summed E-state index contributed by atoms with van der Waals surface area (Å²) < 4.78 is 1.87. The van der Waals surface area contributed by atoms with Crippen molar-refractivity contribution in [3.05, 3.63) is 18.5 Å². The van der Waals surface area contributed by atoms with E-state index in [0.29, 0.717) is 19.0 Å². The minimum absolute atomic E-state index is 0.110. The SMILES string of the molecule is CC(C)NCCC(=O)NCCCn1cccn1. The monoisotopic (exact) mass is 238 g/mol. The zero-order valence-corrected chi connectivity index (χ0v) is 10.6. The van der Waals surface area contributed by atoms with E-state index in [9.17, 15) is 4.79 Å². The summed E-state index contributed by atoms with van der Waals surface area (Å²) in [5.74, 6) is 0.110. The Morgan fingerprint density at radius 1 is 1.41 bits per heavy atom. The maximum absolute atomic E-state index is 11.4. The highest BCUT2D eigenvalue weighted by Gasteiger charge is 2.00. The number of amides is 1. The number of hydrogen-bond acceptors (Lipinski definition) is 3. The molecule has 1 aromatic rings. The summed E-state index contributed by atoms with van der Waals surface area (Å²) in [6, 6.07) is 2.33. The molecule has 5 heteroatoms. The van der Waals surface area contributed by atoms with Crippen molar-refractivity contribution in [2.45, 2.75) is 39.3 Å². The molecule has 0 aliphatic rings. The highest BCUT2D eigenvalue weighted by Crippen LogP contribution is 1.88. The fourth-order valence-electron chi connectivity index (χ4n) is 1.46. The van der Waals surface area contributed by atoms with Crippen LogP contribution in [0.5, 0.6) is 0 Å².